The average Bonchev–Trinajstić information content (AvgIpc) is 2.46. The summed E-state index contributed by atoms with van der Waals surface area (Å²) >= 11 is 12.6. The first-order valence-corrected chi connectivity index (χ1v) is 8.54. The number of ether oxygens (including phenoxy) is 1. The van der Waals surface area contributed by atoms with E-state index in [0.29, 0.717) is 6.61 Å². The second-order valence-corrected chi connectivity index (χ2v) is 6.32. The highest BCUT2D eigenvalue weighted by Gasteiger charge is 2.33. The minimum atomic E-state index is -0.230. The van der Waals surface area contributed by atoms with Gasteiger partial charge in [0, 0.05) is 22.7 Å². The number of benzene rings is 1. The number of rotatable bonds is 9. The Hall–Kier alpha value is -0.280. The number of halogens is 2. The summed E-state index contributed by atoms with van der Waals surface area (Å²) in [6.07, 6.45) is 2.78. The molecule has 0 saturated heterocycles. The van der Waals surface area contributed by atoms with Crippen LogP contribution in [0.4, 0.5) is 0 Å². The fourth-order valence-electron chi connectivity index (χ4n) is 2.53. The third-order valence-electron chi connectivity index (χ3n) is 4.02. The molecule has 0 aromatic heterocycles. The normalized spacial score (nSPS) is 15.7. The van der Waals surface area contributed by atoms with Crippen LogP contribution in [0.1, 0.15) is 46.1 Å². The first kappa shape index (κ1) is 18.8. The highest BCUT2D eigenvalue weighted by Crippen LogP contribution is 2.30. The van der Waals surface area contributed by atoms with Crippen molar-refractivity contribution in [3.63, 3.8) is 0 Å². The molecule has 0 bridgehead atoms. The second-order valence-electron chi connectivity index (χ2n) is 5.51. The van der Waals surface area contributed by atoms with Crippen LogP contribution in [0.3, 0.4) is 0 Å². The van der Waals surface area contributed by atoms with Gasteiger partial charge in [0.2, 0.25) is 0 Å². The van der Waals surface area contributed by atoms with E-state index in [1.54, 1.807) is 0 Å². The maximum absolute atomic E-state index is 6.32. The maximum Gasteiger partial charge on any atom is 0.0807 e. The Labute approximate surface area is 139 Å². The summed E-state index contributed by atoms with van der Waals surface area (Å²) in [5, 5.41) is 5.05. The molecule has 0 aliphatic carbocycles. The van der Waals surface area contributed by atoms with Crippen molar-refractivity contribution < 1.29 is 4.74 Å². The lowest BCUT2D eigenvalue weighted by Gasteiger charge is -2.38. The van der Waals surface area contributed by atoms with Crippen molar-refractivity contribution in [3.8, 4) is 0 Å². The smallest absolute Gasteiger partial charge is 0.0807 e. The van der Waals surface area contributed by atoms with Gasteiger partial charge in [-0.05, 0) is 57.4 Å². The molecule has 1 rings (SSSR count). The summed E-state index contributed by atoms with van der Waals surface area (Å²) in [4.78, 5) is 0. The van der Waals surface area contributed by atoms with Gasteiger partial charge < -0.3 is 10.1 Å². The largest absolute Gasteiger partial charge is 0.374 e. The zero-order valence-electron chi connectivity index (χ0n) is 13.5. The lowest BCUT2D eigenvalue weighted by atomic mass is 9.88. The van der Waals surface area contributed by atoms with Crippen LogP contribution in [0.15, 0.2) is 18.2 Å². The molecule has 2 atom stereocenters. The molecule has 2 nitrogen and oxygen atoms in total. The van der Waals surface area contributed by atoms with E-state index in [2.05, 4.69) is 26.1 Å². The van der Waals surface area contributed by atoms with E-state index in [4.69, 9.17) is 27.9 Å². The zero-order chi connectivity index (χ0) is 15.9. The minimum Gasteiger partial charge on any atom is -0.374 e. The lowest BCUT2D eigenvalue weighted by molar-refractivity contribution is -0.0549. The SMILES string of the molecule is CCCNC(Cc1c(Cl)cccc1Cl)C(C)(CC)OCC. The van der Waals surface area contributed by atoms with Crippen LogP contribution in [-0.4, -0.2) is 24.8 Å². The fourth-order valence-corrected chi connectivity index (χ4v) is 3.08. The van der Waals surface area contributed by atoms with E-state index >= 15 is 0 Å². The minimum absolute atomic E-state index is 0.180. The molecule has 0 aliphatic rings. The van der Waals surface area contributed by atoms with Gasteiger partial charge >= 0.3 is 0 Å². The van der Waals surface area contributed by atoms with Gasteiger partial charge in [0.15, 0.2) is 0 Å². The molecule has 1 aromatic carbocycles. The Morgan fingerprint density at radius 3 is 2.29 bits per heavy atom. The van der Waals surface area contributed by atoms with Crippen molar-refractivity contribution in [2.45, 2.75) is 58.6 Å². The third-order valence-corrected chi connectivity index (χ3v) is 4.73. The maximum atomic E-state index is 6.32. The van der Waals surface area contributed by atoms with Crippen molar-refractivity contribution in [1.29, 1.82) is 0 Å². The Morgan fingerprint density at radius 2 is 1.81 bits per heavy atom. The van der Waals surface area contributed by atoms with Gasteiger partial charge in [0.1, 0.15) is 0 Å². The molecular formula is C17H27Cl2NO. The van der Waals surface area contributed by atoms with Crippen molar-refractivity contribution in [2.75, 3.05) is 13.2 Å². The van der Waals surface area contributed by atoms with Gasteiger partial charge in [-0.1, -0.05) is 43.1 Å². The van der Waals surface area contributed by atoms with Crippen molar-refractivity contribution >= 4 is 23.2 Å². The van der Waals surface area contributed by atoms with Gasteiger partial charge in [-0.2, -0.15) is 0 Å². The molecule has 0 saturated carbocycles. The predicted molar refractivity (Wildman–Crippen MR) is 92.6 cm³/mol. The zero-order valence-corrected chi connectivity index (χ0v) is 15.0. The second kappa shape index (κ2) is 8.99. The standard InChI is InChI=1S/C17H27Cl2NO/c1-5-11-20-16(17(4,6-2)21-7-3)12-13-14(18)9-8-10-15(13)19/h8-10,16,20H,5-7,11-12H2,1-4H3. The van der Waals surface area contributed by atoms with E-state index in [-0.39, 0.29) is 11.6 Å². The molecular weight excluding hydrogens is 305 g/mol. The summed E-state index contributed by atoms with van der Waals surface area (Å²) in [6.45, 7) is 10.2. The average molecular weight is 332 g/mol. The van der Waals surface area contributed by atoms with Gasteiger partial charge in [-0.25, -0.2) is 0 Å². The van der Waals surface area contributed by atoms with E-state index in [1.165, 1.54) is 0 Å². The fraction of sp³-hybridized carbons (Fsp3) is 0.647. The highest BCUT2D eigenvalue weighted by molar-refractivity contribution is 6.36. The summed E-state index contributed by atoms with van der Waals surface area (Å²) in [5.74, 6) is 0. The Balaban J connectivity index is 3.02. The summed E-state index contributed by atoms with van der Waals surface area (Å²) in [5.41, 5.74) is 0.765. The van der Waals surface area contributed by atoms with Crippen LogP contribution in [0.25, 0.3) is 0 Å². The molecule has 120 valence electrons. The molecule has 0 fully saturated rings. The van der Waals surface area contributed by atoms with Crippen LogP contribution < -0.4 is 5.32 Å². The summed E-state index contributed by atoms with van der Waals surface area (Å²) < 4.78 is 6.04. The van der Waals surface area contributed by atoms with Gasteiger partial charge in [-0.15, -0.1) is 0 Å². The quantitative estimate of drug-likeness (QED) is 0.678. The number of hydrogen-bond donors (Lipinski definition) is 1. The third kappa shape index (κ3) is 5.14. The van der Waals surface area contributed by atoms with Crippen molar-refractivity contribution in [1.82, 2.24) is 5.32 Å². The molecule has 0 spiro atoms. The van der Waals surface area contributed by atoms with E-state index in [1.807, 2.05) is 25.1 Å². The van der Waals surface area contributed by atoms with Gasteiger partial charge in [0.25, 0.3) is 0 Å². The van der Waals surface area contributed by atoms with E-state index in [0.717, 1.165) is 41.4 Å². The van der Waals surface area contributed by atoms with Crippen LogP contribution in [-0.2, 0) is 11.2 Å². The van der Waals surface area contributed by atoms with E-state index in [9.17, 15) is 0 Å². The van der Waals surface area contributed by atoms with Crippen LogP contribution in [0.2, 0.25) is 10.0 Å². The molecule has 0 radical (unpaired) electrons. The molecule has 2 unspecified atom stereocenters. The Morgan fingerprint density at radius 1 is 1.19 bits per heavy atom. The molecule has 0 aliphatic heterocycles. The Kier molecular flexibility index (Phi) is 8.04. The summed E-state index contributed by atoms with van der Waals surface area (Å²) in [7, 11) is 0. The van der Waals surface area contributed by atoms with Crippen LogP contribution in [0.5, 0.6) is 0 Å². The highest BCUT2D eigenvalue weighted by atomic mass is 35.5. The molecule has 21 heavy (non-hydrogen) atoms. The molecule has 4 heteroatoms. The first-order chi connectivity index (χ1) is 9.98. The molecule has 0 heterocycles. The molecule has 1 N–H and O–H groups in total. The topological polar surface area (TPSA) is 21.3 Å². The van der Waals surface area contributed by atoms with Gasteiger partial charge in [0.05, 0.1) is 5.60 Å². The Bertz CT molecular complexity index is 419. The molecule has 0 amide bonds. The van der Waals surface area contributed by atoms with E-state index < -0.39 is 0 Å². The monoisotopic (exact) mass is 331 g/mol. The first-order valence-electron chi connectivity index (χ1n) is 7.78. The predicted octanol–water partition coefficient (Wildman–Crippen LogP) is 5.11. The lowest BCUT2D eigenvalue weighted by Crippen LogP contribution is -2.52. The number of nitrogens with one attached hydrogen (secondary N) is 1. The van der Waals surface area contributed by atoms with Crippen LogP contribution >= 0.6 is 23.2 Å². The molecule has 1 aromatic rings. The van der Waals surface area contributed by atoms with Gasteiger partial charge in [-0.3, -0.25) is 0 Å². The number of hydrogen-bond acceptors (Lipinski definition) is 2. The van der Waals surface area contributed by atoms with Crippen molar-refractivity contribution in [3.05, 3.63) is 33.8 Å². The van der Waals surface area contributed by atoms with Crippen molar-refractivity contribution in [2.24, 2.45) is 0 Å². The summed E-state index contributed by atoms with van der Waals surface area (Å²) in [6, 6.07) is 5.84. The van der Waals surface area contributed by atoms with Crippen LogP contribution in [0, 0.1) is 0 Å².